The van der Waals surface area contributed by atoms with Crippen molar-refractivity contribution in [3.05, 3.63) is 89.8 Å². The van der Waals surface area contributed by atoms with E-state index < -0.39 is 72.9 Å². The largest absolute Gasteiger partial charge is 0.339 e. The van der Waals surface area contributed by atoms with Crippen molar-refractivity contribution in [2.75, 3.05) is 5.32 Å². The SMILES string of the molecule is O=S(=O)(O)c1cc(S(=O)(=O)O)c2cc(N=Nc3ccc(N=Nc4ccc(Nc5nc(F)nc(F)c5Cl)cc4)cc3)cc(S(=O)(=O)O)c2c1.[K].[K].[K]. The van der Waals surface area contributed by atoms with Crippen LogP contribution in [-0.4, -0.2) is 203 Å². The molecule has 51 heavy (non-hydrogen) atoms. The zero-order chi connectivity index (χ0) is 35.0. The predicted molar refractivity (Wildman–Crippen MR) is 182 cm³/mol. The molecule has 3 radical (unpaired) electrons. The third-order valence-corrected chi connectivity index (χ3v) is 9.08. The van der Waals surface area contributed by atoms with Gasteiger partial charge in [0.15, 0.2) is 5.82 Å². The van der Waals surface area contributed by atoms with E-state index in [0.29, 0.717) is 29.2 Å². The molecule has 0 saturated carbocycles. The van der Waals surface area contributed by atoms with E-state index in [1.807, 2.05) is 0 Å². The quantitative estimate of drug-likeness (QED) is 0.0456. The van der Waals surface area contributed by atoms with E-state index in [1.54, 1.807) is 0 Å². The van der Waals surface area contributed by atoms with Crippen LogP contribution in [0.15, 0.2) is 108 Å². The molecule has 0 aliphatic heterocycles. The number of anilines is 2. The van der Waals surface area contributed by atoms with Crippen molar-refractivity contribution in [2.45, 2.75) is 14.7 Å². The van der Waals surface area contributed by atoms with Gasteiger partial charge in [-0.2, -0.15) is 64.5 Å². The van der Waals surface area contributed by atoms with E-state index in [0.717, 1.165) is 12.1 Å². The fourth-order valence-corrected chi connectivity index (χ4v) is 6.21. The Morgan fingerprint density at radius 2 is 1.02 bits per heavy atom. The molecular weight excluding hydrogens is 841 g/mol. The number of hydrogen-bond donors (Lipinski definition) is 4. The summed E-state index contributed by atoms with van der Waals surface area (Å²) >= 11 is 5.75. The van der Waals surface area contributed by atoms with Gasteiger partial charge in [-0.3, -0.25) is 13.7 Å². The second-order valence-electron chi connectivity index (χ2n) is 9.42. The van der Waals surface area contributed by atoms with Gasteiger partial charge in [0.1, 0.15) is 14.8 Å². The molecule has 5 rings (SSSR count). The van der Waals surface area contributed by atoms with Crippen LogP contribution in [0.25, 0.3) is 10.8 Å². The number of hydrogen-bond acceptors (Lipinski definition) is 13. The molecule has 0 saturated heterocycles. The van der Waals surface area contributed by atoms with Crippen LogP contribution in [0, 0.1) is 12.0 Å². The second kappa shape index (κ2) is 19.2. The van der Waals surface area contributed by atoms with Crippen LogP contribution >= 0.6 is 11.6 Å². The van der Waals surface area contributed by atoms with E-state index in [9.17, 15) is 47.7 Å². The summed E-state index contributed by atoms with van der Waals surface area (Å²) in [5, 5.41) is 16.9. The molecular formula is C26H16ClF2K3N7O9S3. The third kappa shape index (κ3) is 12.5. The molecule has 0 amide bonds. The molecule has 5 aromatic rings. The van der Waals surface area contributed by atoms with Crippen molar-refractivity contribution < 1.29 is 47.7 Å². The maximum atomic E-state index is 13.5. The summed E-state index contributed by atoms with van der Waals surface area (Å²) in [6, 6.07) is 14.7. The fraction of sp³-hybridized carbons (Fsp3) is 0. The molecule has 0 atom stereocenters. The van der Waals surface area contributed by atoms with Gasteiger partial charge in [-0.25, -0.2) is 0 Å². The van der Waals surface area contributed by atoms with Crippen LogP contribution in [0.3, 0.4) is 0 Å². The smallest absolute Gasteiger partial charge is 0.313 e. The van der Waals surface area contributed by atoms with Gasteiger partial charge in [0.05, 0.1) is 27.6 Å². The summed E-state index contributed by atoms with van der Waals surface area (Å²) < 4.78 is 127. The maximum Gasteiger partial charge on any atom is 0.313 e. The predicted octanol–water partition coefficient (Wildman–Crippen LogP) is 5.73. The molecule has 16 nitrogen and oxygen atoms in total. The third-order valence-electron chi connectivity index (χ3n) is 6.13. The van der Waals surface area contributed by atoms with E-state index in [-0.39, 0.29) is 171 Å². The van der Waals surface area contributed by atoms with Crippen LogP contribution < -0.4 is 5.32 Å². The molecule has 1 aromatic heterocycles. The van der Waals surface area contributed by atoms with E-state index in [1.165, 1.54) is 48.5 Å². The molecule has 1 heterocycles. The maximum absolute atomic E-state index is 13.5. The Labute approximate surface area is 420 Å². The average molecular weight is 857 g/mol. The first kappa shape index (κ1) is 47.2. The molecule has 4 N–H and O–H groups in total. The van der Waals surface area contributed by atoms with E-state index in [4.69, 9.17) is 11.6 Å². The van der Waals surface area contributed by atoms with Crippen molar-refractivity contribution in [3.8, 4) is 0 Å². The summed E-state index contributed by atoms with van der Waals surface area (Å²) in [6.45, 7) is 0. The standard InChI is InChI=1S/C26H16ClF2N7O9S3.3K/c27-23-24(28)31-26(29)32-25(23)30-13-1-3-14(4-2-13)33-34-15-5-7-16(8-6-15)35-36-17-9-19-20(21(10-17)47(40,41)42)11-18(46(37,38)39)12-22(19)48(43,44)45;;;/h1-12H,(H,30,31,32)(H,37,38,39)(H,40,41,42)(H,43,44,45);;;. The summed E-state index contributed by atoms with van der Waals surface area (Å²) in [5.41, 5.74) is 1.02. The molecule has 4 aromatic carbocycles. The summed E-state index contributed by atoms with van der Waals surface area (Å²) in [4.78, 5) is 3.15. The minimum atomic E-state index is -5.19. The van der Waals surface area contributed by atoms with Crippen molar-refractivity contribution in [3.63, 3.8) is 0 Å². The number of rotatable bonds is 9. The van der Waals surface area contributed by atoms with Crippen LogP contribution in [0.5, 0.6) is 0 Å². The van der Waals surface area contributed by atoms with E-state index in [2.05, 4.69) is 35.7 Å². The summed E-state index contributed by atoms with van der Waals surface area (Å²) in [6.07, 6.45) is -1.30. The molecule has 0 fully saturated rings. The minimum absolute atomic E-state index is 0. The minimum Gasteiger partial charge on any atom is -0.339 e. The molecule has 0 aliphatic rings. The van der Waals surface area contributed by atoms with Crippen molar-refractivity contribution in [2.24, 2.45) is 20.5 Å². The van der Waals surface area contributed by atoms with Crippen molar-refractivity contribution in [1.82, 2.24) is 9.97 Å². The van der Waals surface area contributed by atoms with E-state index >= 15 is 0 Å². The first-order chi connectivity index (χ1) is 22.4. The van der Waals surface area contributed by atoms with Crippen LogP contribution in [0.1, 0.15) is 0 Å². The Hall–Kier alpha value is 0.00909. The number of halogens is 3. The van der Waals surface area contributed by atoms with Gasteiger partial charge in [-0.15, -0.1) is 0 Å². The first-order valence-corrected chi connectivity index (χ1v) is 17.3. The number of benzene rings is 4. The average Bonchev–Trinajstić information content (AvgIpc) is 3.00. The van der Waals surface area contributed by atoms with Gasteiger partial charge in [0.25, 0.3) is 30.4 Å². The van der Waals surface area contributed by atoms with Crippen molar-refractivity contribution >= 4 is 241 Å². The monoisotopic (exact) mass is 856 g/mol. The van der Waals surface area contributed by atoms with Crippen LogP contribution in [-0.2, 0) is 30.4 Å². The Morgan fingerprint density at radius 3 is 1.49 bits per heavy atom. The van der Waals surface area contributed by atoms with Gasteiger partial charge >= 0.3 is 6.08 Å². The summed E-state index contributed by atoms with van der Waals surface area (Å²) in [7, 11) is -15.4. The molecule has 0 unspecified atom stereocenters. The molecule has 251 valence electrons. The van der Waals surface area contributed by atoms with Crippen LogP contribution in [0.2, 0.25) is 5.02 Å². The van der Waals surface area contributed by atoms with Gasteiger partial charge in [-0.05, 0) is 72.8 Å². The topological polar surface area (TPSA) is 250 Å². The second-order valence-corrected chi connectivity index (χ2v) is 14.0. The zero-order valence-corrected chi connectivity index (χ0v) is 38.8. The number of fused-ring (bicyclic) bond motifs is 1. The number of nitrogens with one attached hydrogen (secondary N) is 1. The molecule has 25 heteroatoms. The number of azo groups is 2. The first-order valence-electron chi connectivity index (χ1n) is 12.6. The Balaban J connectivity index is 0.00000300. The van der Waals surface area contributed by atoms with Crippen LogP contribution in [0.4, 0.5) is 43.0 Å². The number of aromatic nitrogens is 2. The van der Waals surface area contributed by atoms with Gasteiger partial charge in [0, 0.05) is 171 Å². The van der Waals surface area contributed by atoms with Crippen molar-refractivity contribution in [1.29, 1.82) is 0 Å². The number of nitrogens with zero attached hydrogens (tertiary/aromatic N) is 6. The van der Waals surface area contributed by atoms with Gasteiger partial charge in [-0.1, -0.05) is 11.6 Å². The molecule has 0 bridgehead atoms. The normalized spacial score (nSPS) is 12.0. The zero-order valence-electron chi connectivity index (χ0n) is 26.3. The van der Waals surface area contributed by atoms with Gasteiger partial charge < -0.3 is 5.32 Å². The summed E-state index contributed by atoms with van der Waals surface area (Å²) in [5.74, 6) is -1.50. The Kier molecular flexibility index (Phi) is 17.8. The molecule has 0 aliphatic carbocycles. The Bertz CT molecular complexity index is 2500. The van der Waals surface area contributed by atoms with Gasteiger partial charge in [0.2, 0.25) is 5.95 Å². The molecule has 0 spiro atoms. The Morgan fingerprint density at radius 1 is 0.588 bits per heavy atom. The fourth-order valence-electron chi connectivity index (χ4n) is 4.03.